The number of ether oxygens (including phenoxy) is 1. The standard InChI is InChI=1S/C21H16ClF2N5O/c1-10-7-26-21(27-8-10)11(2)30-15-6-4-13(19-16(15)20(25)29-9-28-19)12-3-5-14(23)17(22)18(12)24/h3-9,11H,1-2H3,(H2,25,28,29)/t11-/m1/s1. The van der Waals surface area contributed by atoms with Crippen molar-refractivity contribution in [2.75, 3.05) is 5.73 Å². The molecule has 2 N–H and O–H groups in total. The molecule has 0 spiro atoms. The lowest BCUT2D eigenvalue weighted by atomic mass is 10.0. The van der Waals surface area contributed by atoms with Crippen LogP contribution in [0.1, 0.15) is 24.4 Å². The third kappa shape index (κ3) is 3.50. The van der Waals surface area contributed by atoms with E-state index in [2.05, 4.69) is 19.9 Å². The number of hydrogen-bond acceptors (Lipinski definition) is 6. The fourth-order valence-corrected chi connectivity index (χ4v) is 3.24. The molecule has 0 saturated heterocycles. The van der Waals surface area contributed by atoms with Gasteiger partial charge in [0.25, 0.3) is 0 Å². The van der Waals surface area contributed by atoms with Gasteiger partial charge in [0.2, 0.25) is 0 Å². The first-order valence-electron chi connectivity index (χ1n) is 8.99. The summed E-state index contributed by atoms with van der Waals surface area (Å²) in [5, 5.41) is -0.193. The molecule has 0 radical (unpaired) electrons. The van der Waals surface area contributed by atoms with Gasteiger partial charge in [0, 0.05) is 23.5 Å². The van der Waals surface area contributed by atoms with Gasteiger partial charge in [-0.25, -0.2) is 28.7 Å². The highest BCUT2D eigenvalue weighted by molar-refractivity contribution is 6.31. The molecule has 9 heteroatoms. The Balaban J connectivity index is 1.83. The maximum Gasteiger partial charge on any atom is 0.168 e. The molecule has 0 aliphatic rings. The molecule has 0 bridgehead atoms. The summed E-state index contributed by atoms with van der Waals surface area (Å²) in [5.41, 5.74) is 7.83. The van der Waals surface area contributed by atoms with E-state index in [0.29, 0.717) is 28.0 Å². The lowest BCUT2D eigenvalue weighted by Crippen LogP contribution is -2.09. The molecule has 4 aromatic rings. The second kappa shape index (κ2) is 7.79. The van der Waals surface area contributed by atoms with Crippen molar-refractivity contribution < 1.29 is 13.5 Å². The monoisotopic (exact) mass is 427 g/mol. The number of aryl methyl sites for hydroxylation is 1. The molecule has 2 aromatic carbocycles. The van der Waals surface area contributed by atoms with Crippen LogP contribution >= 0.6 is 11.6 Å². The Bertz CT molecular complexity index is 1250. The lowest BCUT2D eigenvalue weighted by molar-refractivity contribution is 0.219. The van der Waals surface area contributed by atoms with Crippen molar-refractivity contribution >= 4 is 28.3 Å². The Hall–Kier alpha value is -3.39. The van der Waals surface area contributed by atoms with E-state index in [1.165, 1.54) is 12.4 Å². The molecule has 0 saturated carbocycles. The highest BCUT2D eigenvalue weighted by Crippen LogP contribution is 2.39. The van der Waals surface area contributed by atoms with Crippen LogP contribution in [0.5, 0.6) is 5.75 Å². The number of benzene rings is 2. The van der Waals surface area contributed by atoms with Gasteiger partial charge in [-0.05, 0) is 43.7 Å². The van der Waals surface area contributed by atoms with Crippen LogP contribution in [-0.4, -0.2) is 19.9 Å². The number of nitrogen functional groups attached to an aromatic ring is 1. The van der Waals surface area contributed by atoms with E-state index in [-0.39, 0.29) is 11.4 Å². The van der Waals surface area contributed by atoms with Gasteiger partial charge in [-0.3, -0.25) is 0 Å². The van der Waals surface area contributed by atoms with Gasteiger partial charge in [-0.2, -0.15) is 0 Å². The fourth-order valence-electron chi connectivity index (χ4n) is 3.07. The summed E-state index contributed by atoms with van der Waals surface area (Å²) in [7, 11) is 0. The molecule has 0 fully saturated rings. The summed E-state index contributed by atoms with van der Waals surface area (Å²) >= 11 is 5.75. The van der Waals surface area contributed by atoms with E-state index < -0.39 is 22.8 Å². The van der Waals surface area contributed by atoms with Gasteiger partial charge in [0.05, 0.1) is 10.9 Å². The Morgan fingerprint density at radius 2 is 1.70 bits per heavy atom. The molecule has 4 rings (SSSR count). The number of anilines is 1. The molecule has 2 aromatic heterocycles. The van der Waals surface area contributed by atoms with Crippen LogP contribution in [0.2, 0.25) is 5.02 Å². The second-order valence-corrected chi connectivity index (χ2v) is 7.07. The maximum absolute atomic E-state index is 14.6. The smallest absolute Gasteiger partial charge is 0.168 e. The highest BCUT2D eigenvalue weighted by Gasteiger charge is 2.20. The third-order valence-corrected chi connectivity index (χ3v) is 4.92. The van der Waals surface area contributed by atoms with Crippen LogP contribution in [0, 0.1) is 18.6 Å². The summed E-state index contributed by atoms with van der Waals surface area (Å²) < 4.78 is 34.3. The molecular formula is C21H16ClF2N5O. The first kappa shape index (κ1) is 19.9. The minimum absolute atomic E-state index is 0.0889. The molecule has 0 unspecified atom stereocenters. The molecule has 0 amide bonds. The van der Waals surface area contributed by atoms with Gasteiger partial charge >= 0.3 is 0 Å². The maximum atomic E-state index is 14.6. The predicted octanol–water partition coefficient (Wildman–Crippen LogP) is 5.05. The minimum Gasteiger partial charge on any atom is -0.482 e. The predicted molar refractivity (Wildman–Crippen MR) is 110 cm³/mol. The number of nitrogens with zero attached hydrogens (tertiary/aromatic N) is 4. The van der Waals surface area contributed by atoms with Crippen molar-refractivity contribution in [3.8, 4) is 16.9 Å². The number of hydrogen-bond donors (Lipinski definition) is 1. The molecule has 0 aliphatic heterocycles. The van der Waals surface area contributed by atoms with E-state index in [9.17, 15) is 8.78 Å². The third-order valence-electron chi connectivity index (χ3n) is 4.57. The molecule has 30 heavy (non-hydrogen) atoms. The average Bonchev–Trinajstić information content (AvgIpc) is 2.73. The number of aromatic nitrogens is 4. The SMILES string of the molecule is Cc1cnc([C@@H](C)Oc2ccc(-c3ccc(F)c(Cl)c3F)c3ncnc(N)c23)nc1. The zero-order chi connectivity index (χ0) is 21.4. The van der Waals surface area contributed by atoms with Crippen LogP contribution in [0.3, 0.4) is 0 Å². The summed E-state index contributed by atoms with van der Waals surface area (Å²) in [4.78, 5) is 16.8. The molecule has 0 aliphatic carbocycles. The first-order chi connectivity index (χ1) is 14.4. The molecule has 6 nitrogen and oxygen atoms in total. The number of halogens is 3. The summed E-state index contributed by atoms with van der Waals surface area (Å²) in [6.45, 7) is 3.68. The average molecular weight is 428 g/mol. The van der Waals surface area contributed by atoms with Gasteiger partial charge in [0.1, 0.15) is 28.7 Å². The van der Waals surface area contributed by atoms with E-state index in [4.69, 9.17) is 22.1 Å². The first-order valence-corrected chi connectivity index (χ1v) is 9.37. The van der Waals surface area contributed by atoms with Crippen molar-refractivity contribution in [1.82, 2.24) is 19.9 Å². The van der Waals surface area contributed by atoms with E-state index >= 15 is 0 Å². The van der Waals surface area contributed by atoms with Crippen molar-refractivity contribution in [3.05, 3.63) is 71.0 Å². The number of fused-ring (bicyclic) bond motifs is 1. The second-order valence-electron chi connectivity index (χ2n) is 6.70. The van der Waals surface area contributed by atoms with Crippen LogP contribution in [0.25, 0.3) is 22.0 Å². The fraction of sp³-hybridized carbons (Fsp3) is 0.143. The van der Waals surface area contributed by atoms with Crippen LogP contribution < -0.4 is 10.5 Å². The molecular weight excluding hydrogens is 412 g/mol. The van der Waals surface area contributed by atoms with Gasteiger partial charge in [-0.1, -0.05) is 11.6 Å². The molecule has 1 atom stereocenters. The Morgan fingerprint density at radius 3 is 2.43 bits per heavy atom. The zero-order valence-corrected chi connectivity index (χ0v) is 16.8. The summed E-state index contributed by atoms with van der Waals surface area (Å²) in [5.74, 6) is -0.697. The van der Waals surface area contributed by atoms with Crippen LogP contribution in [-0.2, 0) is 0 Å². The minimum atomic E-state index is -0.884. The van der Waals surface area contributed by atoms with Crippen molar-refractivity contribution in [2.24, 2.45) is 0 Å². The quantitative estimate of drug-likeness (QED) is 0.458. The largest absolute Gasteiger partial charge is 0.482 e. The van der Waals surface area contributed by atoms with Gasteiger partial charge < -0.3 is 10.5 Å². The van der Waals surface area contributed by atoms with E-state index in [0.717, 1.165) is 11.6 Å². The molecule has 152 valence electrons. The van der Waals surface area contributed by atoms with Crippen molar-refractivity contribution in [1.29, 1.82) is 0 Å². The van der Waals surface area contributed by atoms with Crippen molar-refractivity contribution in [3.63, 3.8) is 0 Å². The number of nitrogens with two attached hydrogens (primary N) is 1. The summed E-state index contributed by atoms with van der Waals surface area (Å²) in [6.07, 6.45) is 4.17. The van der Waals surface area contributed by atoms with Crippen LogP contribution in [0.15, 0.2) is 43.0 Å². The van der Waals surface area contributed by atoms with E-state index in [1.807, 2.05) is 6.92 Å². The van der Waals surface area contributed by atoms with E-state index in [1.54, 1.807) is 31.5 Å². The number of rotatable bonds is 4. The Labute approximate surface area is 175 Å². The topological polar surface area (TPSA) is 86.8 Å². The van der Waals surface area contributed by atoms with Gasteiger partial charge in [0.15, 0.2) is 17.7 Å². The Morgan fingerprint density at radius 1 is 1.00 bits per heavy atom. The lowest BCUT2D eigenvalue weighted by Gasteiger charge is -2.17. The zero-order valence-electron chi connectivity index (χ0n) is 16.0. The summed E-state index contributed by atoms with van der Waals surface area (Å²) in [6, 6.07) is 5.63. The molecule has 2 heterocycles. The normalized spacial score (nSPS) is 12.2. The Kier molecular flexibility index (Phi) is 5.17. The van der Waals surface area contributed by atoms with Crippen molar-refractivity contribution in [2.45, 2.75) is 20.0 Å². The van der Waals surface area contributed by atoms with Gasteiger partial charge in [-0.15, -0.1) is 0 Å². The highest BCUT2D eigenvalue weighted by atomic mass is 35.5. The van der Waals surface area contributed by atoms with Crippen LogP contribution in [0.4, 0.5) is 14.6 Å².